The van der Waals surface area contributed by atoms with Crippen LogP contribution in [0.2, 0.25) is 0 Å². The summed E-state index contributed by atoms with van der Waals surface area (Å²) in [6.45, 7) is 5.07. The molecule has 0 bridgehead atoms. The van der Waals surface area contributed by atoms with Crippen molar-refractivity contribution in [3.63, 3.8) is 0 Å². The Labute approximate surface area is 177 Å². The SMILES string of the molecule is CC(C)(C)C(=O)Nc1cccc(C(=O)OCC(=O)NC(c2ccccc2)C2CC2)c1. The lowest BCUT2D eigenvalue weighted by Crippen LogP contribution is -2.33. The number of rotatable bonds is 7. The predicted octanol–water partition coefficient (Wildman–Crippen LogP) is 4.10. The molecule has 0 radical (unpaired) electrons. The van der Waals surface area contributed by atoms with Crippen molar-refractivity contribution >= 4 is 23.5 Å². The van der Waals surface area contributed by atoms with Crippen LogP contribution in [0.4, 0.5) is 5.69 Å². The standard InChI is InChI=1S/C24H28N2O4/c1-24(2,3)23(29)25-19-11-7-10-18(14-19)22(28)30-15-20(27)26-21(17-12-13-17)16-8-5-4-6-9-16/h4-11,14,17,21H,12-13,15H2,1-3H3,(H,25,29)(H,26,27). The fourth-order valence-electron chi connectivity index (χ4n) is 3.04. The molecule has 0 heterocycles. The van der Waals surface area contributed by atoms with Gasteiger partial charge in [0.05, 0.1) is 11.6 Å². The Morgan fingerprint density at radius 2 is 1.73 bits per heavy atom. The van der Waals surface area contributed by atoms with Crippen LogP contribution in [0, 0.1) is 11.3 Å². The van der Waals surface area contributed by atoms with Gasteiger partial charge in [-0.3, -0.25) is 9.59 Å². The van der Waals surface area contributed by atoms with E-state index in [0.29, 0.717) is 11.6 Å². The molecule has 2 aromatic carbocycles. The first-order valence-electron chi connectivity index (χ1n) is 10.2. The number of carbonyl (C=O) groups is 3. The van der Waals surface area contributed by atoms with Crippen LogP contribution in [0.3, 0.4) is 0 Å². The van der Waals surface area contributed by atoms with Gasteiger partial charge in [0.25, 0.3) is 5.91 Å². The van der Waals surface area contributed by atoms with Crippen molar-refractivity contribution in [3.8, 4) is 0 Å². The molecule has 3 rings (SSSR count). The third kappa shape index (κ3) is 5.92. The summed E-state index contributed by atoms with van der Waals surface area (Å²) in [5.74, 6) is -0.671. The van der Waals surface area contributed by atoms with Crippen molar-refractivity contribution in [1.82, 2.24) is 5.32 Å². The summed E-state index contributed by atoms with van der Waals surface area (Å²) in [6, 6.07) is 16.2. The largest absolute Gasteiger partial charge is 0.452 e. The molecule has 6 nitrogen and oxygen atoms in total. The van der Waals surface area contributed by atoms with E-state index in [2.05, 4.69) is 10.6 Å². The molecule has 1 aliphatic rings. The van der Waals surface area contributed by atoms with Crippen molar-refractivity contribution in [2.45, 2.75) is 39.7 Å². The number of ether oxygens (including phenoxy) is 1. The lowest BCUT2D eigenvalue weighted by molar-refractivity contribution is -0.125. The number of hydrogen-bond acceptors (Lipinski definition) is 4. The van der Waals surface area contributed by atoms with Gasteiger partial charge in [-0.25, -0.2) is 4.79 Å². The fraction of sp³-hybridized carbons (Fsp3) is 0.375. The van der Waals surface area contributed by atoms with Gasteiger partial charge in [-0.1, -0.05) is 57.2 Å². The smallest absolute Gasteiger partial charge is 0.338 e. The van der Waals surface area contributed by atoms with Crippen LogP contribution < -0.4 is 10.6 Å². The third-order valence-electron chi connectivity index (χ3n) is 4.94. The molecular formula is C24H28N2O4. The van der Waals surface area contributed by atoms with Crippen LogP contribution in [0.25, 0.3) is 0 Å². The molecule has 0 saturated heterocycles. The zero-order valence-electron chi connectivity index (χ0n) is 17.6. The van der Waals surface area contributed by atoms with Gasteiger partial charge < -0.3 is 15.4 Å². The van der Waals surface area contributed by atoms with Crippen LogP contribution in [0.1, 0.15) is 55.6 Å². The first kappa shape index (κ1) is 21.6. The lowest BCUT2D eigenvalue weighted by atomic mass is 9.95. The number of esters is 1. The molecule has 0 aliphatic heterocycles. The highest BCUT2D eigenvalue weighted by Crippen LogP contribution is 2.40. The minimum absolute atomic E-state index is 0.0617. The molecule has 1 unspecified atom stereocenters. The van der Waals surface area contributed by atoms with Crippen molar-refractivity contribution in [3.05, 3.63) is 65.7 Å². The number of benzene rings is 2. The molecule has 2 amide bonds. The van der Waals surface area contributed by atoms with Gasteiger partial charge in [0.2, 0.25) is 5.91 Å². The second kappa shape index (κ2) is 9.11. The molecule has 0 aromatic heterocycles. The van der Waals surface area contributed by atoms with Crippen LogP contribution in [-0.2, 0) is 14.3 Å². The summed E-state index contributed by atoms with van der Waals surface area (Å²) >= 11 is 0. The summed E-state index contributed by atoms with van der Waals surface area (Å²) in [6.07, 6.45) is 2.15. The Balaban J connectivity index is 1.55. The highest BCUT2D eigenvalue weighted by atomic mass is 16.5. The van der Waals surface area contributed by atoms with Crippen LogP contribution in [0.5, 0.6) is 0 Å². The molecule has 6 heteroatoms. The van der Waals surface area contributed by atoms with E-state index in [9.17, 15) is 14.4 Å². The number of nitrogens with one attached hydrogen (secondary N) is 2. The summed E-state index contributed by atoms with van der Waals surface area (Å²) in [4.78, 5) is 36.9. The minimum atomic E-state index is -0.611. The second-order valence-corrected chi connectivity index (χ2v) is 8.65. The number of anilines is 1. The maximum atomic E-state index is 12.4. The van der Waals surface area contributed by atoms with Gasteiger partial charge in [0, 0.05) is 11.1 Å². The number of hydrogen-bond donors (Lipinski definition) is 2. The summed E-state index contributed by atoms with van der Waals surface area (Å²) in [7, 11) is 0. The van der Waals surface area contributed by atoms with Gasteiger partial charge in [-0.2, -0.15) is 0 Å². The van der Waals surface area contributed by atoms with Crippen molar-refractivity contribution in [1.29, 1.82) is 0 Å². The number of carbonyl (C=O) groups excluding carboxylic acids is 3. The van der Waals surface area contributed by atoms with Crippen LogP contribution in [0.15, 0.2) is 54.6 Å². The van der Waals surface area contributed by atoms with E-state index in [1.54, 1.807) is 24.3 Å². The molecule has 1 aliphatic carbocycles. The van der Waals surface area contributed by atoms with E-state index >= 15 is 0 Å². The average Bonchev–Trinajstić information content (AvgIpc) is 3.55. The van der Waals surface area contributed by atoms with Crippen molar-refractivity contribution in [2.24, 2.45) is 11.3 Å². The van der Waals surface area contributed by atoms with E-state index in [4.69, 9.17) is 4.74 Å². The molecule has 1 fully saturated rings. The Bertz CT molecular complexity index is 914. The molecular weight excluding hydrogens is 380 g/mol. The zero-order chi connectivity index (χ0) is 21.7. The van der Waals surface area contributed by atoms with Gasteiger partial charge in [0.1, 0.15) is 0 Å². The van der Waals surface area contributed by atoms with E-state index in [0.717, 1.165) is 18.4 Å². The molecule has 1 saturated carbocycles. The van der Waals surface area contributed by atoms with E-state index in [1.807, 2.05) is 51.1 Å². The number of amides is 2. The molecule has 30 heavy (non-hydrogen) atoms. The van der Waals surface area contributed by atoms with Gasteiger partial charge in [-0.05, 0) is 42.5 Å². The normalized spacial score (nSPS) is 14.5. The van der Waals surface area contributed by atoms with Gasteiger partial charge >= 0.3 is 5.97 Å². The predicted molar refractivity (Wildman–Crippen MR) is 115 cm³/mol. The summed E-state index contributed by atoms with van der Waals surface area (Å²) < 4.78 is 5.19. The zero-order valence-corrected chi connectivity index (χ0v) is 17.6. The monoisotopic (exact) mass is 408 g/mol. The Hall–Kier alpha value is -3.15. The molecule has 2 aromatic rings. The van der Waals surface area contributed by atoms with Crippen molar-refractivity contribution < 1.29 is 19.1 Å². The Morgan fingerprint density at radius 1 is 1.03 bits per heavy atom. The summed E-state index contributed by atoms with van der Waals surface area (Å²) in [5, 5.41) is 5.76. The minimum Gasteiger partial charge on any atom is -0.452 e. The fourth-order valence-corrected chi connectivity index (χ4v) is 3.04. The topological polar surface area (TPSA) is 84.5 Å². The second-order valence-electron chi connectivity index (χ2n) is 8.65. The summed E-state index contributed by atoms with van der Waals surface area (Å²) in [5.41, 5.74) is 1.29. The van der Waals surface area contributed by atoms with E-state index in [-0.39, 0.29) is 30.0 Å². The quantitative estimate of drug-likeness (QED) is 0.676. The molecule has 1 atom stereocenters. The first-order valence-corrected chi connectivity index (χ1v) is 10.2. The lowest BCUT2D eigenvalue weighted by Gasteiger charge is -2.19. The Morgan fingerprint density at radius 3 is 2.37 bits per heavy atom. The molecule has 0 spiro atoms. The Kier molecular flexibility index (Phi) is 6.55. The maximum Gasteiger partial charge on any atom is 0.338 e. The van der Waals surface area contributed by atoms with E-state index in [1.165, 1.54) is 0 Å². The highest BCUT2D eigenvalue weighted by molar-refractivity contribution is 5.97. The highest BCUT2D eigenvalue weighted by Gasteiger charge is 2.33. The average molecular weight is 408 g/mol. The van der Waals surface area contributed by atoms with E-state index < -0.39 is 11.4 Å². The van der Waals surface area contributed by atoms with Crippen LogP contribution >= 0.6 is 0 Å². The molecule has 158 valence electrons. The first-order chi connectivity index (χ1) is 14.2. The van der Waals surface area contributed by atoms with Crippen molar-refractivity contribution in [2.75, 3.05) is 11.9 Å². The van der Waals surface area contributed by atoms with Crippen LogP contribution in [-0.4, -0.2) is 24.4 Å². The molecule has 2 N–H and O–H groups in total. The van der Waals surface area contributed by atoms with Gasteiger partial charge in [-0.15, -0.1) is 0 Å². The third-order valence-corrected chi connectivity index (χ3v) is 4.94. The maximum absolute atomic E-state index is 12.4. The van der Waals surface area contributed by atoms with Gasteiger partial charge in [0.15, 0.2) is 6.61 Å².